The normalized spacial score (nSPS) is 18.2. The SMILES string of the molecule is CCNC(=NCC(C)CN1CCOCC1)NCCN(C(C)C)C(C)C. The molecule has 2 N–H and O–H groups in total. The van der Waals surface area contributed by atoms with Crippen LogP contribution in [0.15, 0.2) is 4.99 Å². The summed E-state index contributed by atoms with van der Waals surface area (Å²) in [4.78, 5) is 9.76. The number of morpholine rings is 1. The molecule has 148 valence electrons. The van der Waals surface area contributed by atoms with E-state index < -0.39 is 0 Å². The van der Waals surface area contributed by atoms with Gasteiger partial charge in [-0.2, -0.15) is 0 Å². The van der Waals surface area contributed by atoms with Crippen LogP contribution in [-0.4, -0.2) is 86.9 Å². The number of ether oxygens (including phenoxy) is 1. The minimum absolute atomic E-state index is 0.552. The smallest absolute Gasteiger partial charge is 0.191 e. The monoisotopic (exact) mass is 355 g/mol. The molecular formula is C19H41N5O. The van der Waals surface area contributed by atoms with E-state index in [0.29, 0.717) is 18.0 Å². The van der Waals surface area contributed by atoms with Crippen molar-refractivity contribution in [2.75, 3.05) is 59.0 Å². The second-order valence-electron chi connectivity index (χ2n) is 7.59. The van der Waals surface area contributed by atoms with E-state index in [9.17, 15) is 0 Å². The van der Waals surface area contributed by atoms with Crippen LogP contribution in [-0.2, 0) is 4.74 Å². The second-order valence-corrected chi connectivity index (χ2v) is 7.59. The molecule has 0 aromatic rings. The summed E-state index contributed by atoms with van der Waals surface area (Å²) in [5, 5.41) is 6.84. The molecule has 0 aromatic heterocycles. The third kappa shape index (κ3) is 9.42. The third-order valence-electron chi connectivity index (χ3n) is 4.57. The van der Waals surface area contributed by atoms with Crippen LogP contribution < -0.4 is 10.6 Å². The highest BCUT2D eigenvalue weighted by Gasteiger charge is 2.14. The van der Waals surface area contributed by atoms with Crippen molar-refractivity contribution in [2.24, 2.45) is 10.9 Å². The zero-order valence-electron chi connectivity index (χ0n) is 17.3. The van der Waals surface area contributed by atoms with Gasteiger partial charge in [-0.05, 0) is 40.5 Å². The Morgan fingerprint density at radius 1 is 1.08 bits per heavy atom. The highest BCUT2D eigenvalue weighted by atomic mass is 16.5. The standard InChI is InChI=1S/C19H41N5O/c1-7-20-19(21-8-9-24(16(2)3)17(4)5)22-14-18(6)15-23-10-12-25-13-11-23/h16-18H,7-15H2,1-6H3,(H2,20,21,22). The first-order valence-corrected chi connectivity index (χ1v) is 10.0. The predicted octanol–water partition coefficient (Wildman–Crippen LogP) is 1.63. The Labute approximate surface area is 155 Å². The highest BCUT2D eigenvalue weighted by Crippen LogP contribution is 2.04. The molecule has 0 saturated carbocycles. The fourth-order valence-corrected chi connectivity index (χ4v) is 3.29. The lowest BCUT2D eigenvalue weighted by Gasteiger charge is -2.30. The van der Waals surface area contributed by atoms with E-state index in [4.69, 9.17) is 9.73 Å². The number of hydrogen-bond acceptors (Lipinski definition) is 4. The minimum atomic E-state index is 0.552. The zero-order valence-corrected chi connectivity index (χ0v) is 17.3. The van der Waals surface area contributed by atoms with Crippen LogP contribution in [0.5, 0.6) is 0 Å². The van der Waals surface area contributed by atoms with E-state index in [1.807, 2.05) is 0 Å². The summed E-state index contributed by atoms with van der Waals surface area (Å²) in [6.45, 7) is 22.0. The maximum absolute atomic E-state index is 5.42. The Morgan fingerprint density at radius 3 is 2.28 bits per heavy atom. The Morgan fingerprint density at radius 2 is 1.72 bits per heavy atom. The van der Waals surface area contributed by atoms with Crippen LogP contribution in [0.3, 0.4) is 0 Å². The van der Waals surface area contributed by atoms with Gasteiger partial charge in [-0.15, -0.1) is 0 Å². The molecule has 0 amide bonds. The summed E-state index contributed by atoms with van der Waals surface area (Å²) in [5.41, 5.74) is 0. The van der Waals surface area contributed by atoms with Crippen LogP contribution in [0.4, 0.5) is 0 Å². The van der Waals surface area contributed by atoms with Crippen molar-refractivity contribution < 1.29 is 4.74 Å². The van der Waals surface area contributed by atoms with Crippen LogP contribution in [0, 0.1) is 5.92 Å². The average molecular weight is 356 g/mol. The highest BCUT2D eigenvalue weighted by molar-refractivity contribution is 5.79. The van der Waals surface area contributed by atoms with Gasteiger partial charge in [0.15, 0.2) is 5.96 Å². The van der Waals surface area contributed by atoms with Crippen molar-refractivity contribution in [3.63, 3.8) is 0 Å². The zero-order chi connectivity index (χ0) is 18.7. The lowest BCUT2D eigenvalue weighted by atomic mass is 10.1. The maximum atomic E-state index is 5.42. The van der Waals surface area contributed by atoms with Crippen LogP contribution in [0.25, 0.3) is 0 Å². The van der Waals surface area contributed by atoms with E-state index in [2.05, 4.69) is 62.0 Å². The predicted molar refractivity (Wildman–Crippen MR) is 107 cm³/mol. The van der Waals surface area contributed by atoms with E-state index in [0.717, 1.165) is 65.0 Å². The van der Waals surface area contributed by atoms with Gasteiger partial charge in [0.1, 0.15) is 0 Å². The van der Waals surface area contributed by atoms with Gasteiger partial charge in [-0.25, -0.2) is 0 Å². The van der Waals surface area contributed by atoms with E-state index >= 15 is 0 Å². The summed E-state index contributed by atoms with van der Waals surface area (Å²) < 4.78 is 5.42. The van der Waals surface area contributed by atoms with Gasteiger partial charge in [0.2, 0.25) is 0 Å². The fourth-order valence-electron chi connectivity index (χ4n) is 3.29. The van der Waals surface area contributed by atoms with E-state index in [-0.39, 0.29) is 0 Å². The number of hydrogen-bond donors (Lipinski definition) is 2. The van der Waals surface area contributed by atoms with Crippen molar-refractivity contribution >= 4 is 5.96 Å². The first-order chi connectivity index (χ1) is 11.9. The van der Waals surface area contributed by atoms with Crippen LogP contribution in [0.1, 0.15) is 41.5 Å². The molecule has 0 aliphatic carbocycles. The molecule has 1 atom stereocenters. The molecule has 1 aliphatic rings. The Balaban J connectivity index is 2.39. The number of guanidine groups is 1. The van der Waals surface area contributed by atoms with Gasteiger partial charge >= 0.3 is 0 Å². The molecule has 1 aliphatic heterocycles. The Hall–Kier alpha value is -0.850. The topological polar surface area (TPSA) is 52.1 Å². The summed E-state index contributed by atoms with van der Waals surface area (Å²) >= 11 is 0. The second kappa shape index (κ2) is 12.5. The third-order valence-corrected chi connectivity index (χ3v) is 4.57. The molecule has 0 bridgehead atoms. The Kier molecular flexibility index (Phi) is 11.1. The molecule has 1 fully saturated rings. The van der Waals surface area contributed by atoms with Crippen LogP contribution >= 0.6 is 0 Å². The summed E-state index contributed by atoms with van der Waals surface area (Å²) in [6, 6.07) is 1.13. The number of rotatable bonds is 10. The first-order valence-electron chi connectivity index (χ1n) is 10.0. The van der Waals surface area contributed by atoms with Gasteiger partial charge < -0.3 is 15.4 Å². The van der Waals surface area contributed by atoms with E-state index in [1.165, 1.54) is 0 Å². The molecule has 25 heavy (non-hydrogen) atoms. The molecule has 1 unspecified atom stereocenters. The van der Waals surface area contributed by atoms with Gasteiger partial charge in [-0.3, -0.25) is 14.8 Å². The maximum Gasteiger partial charge on any atom is 0.191 e. The number of aliphatic imine (C=N–C) groups is 1. The van der Waals surface area contributed by atoms with E-state index in [1.54, 1.807) is 0 Å². The first kappa shape index (κ1) is 22.2. The number of nitrogens with zero attached hydrogens (tertiary/aromatic N) is 3. The molecule has 0 radical (unpaired) electrons. The lowest BCUT2D eigenvalue weighted by molar-refractivity contribution is 0.0323. The molecule has 6 heteroatoms. The van der Waals surface area contributed by atoms with Gasteiger partial charge in [-0.1, -0.05) is 6.92 Å². The molecule has 0 aromatic carbocycles. The largest absolute Gasteiger partial charge is 0.379 e. The van der Waals surface area contributed by atoms with Gasteiger partial charge in [0, 0.05) is 57.9 Å². The molecule has 1 heterocycles. The summed E-state index contributed by atoms with van der Waals surface area (Å²) in [7, 11) is 0. The summed E-state index contributed by atoms with van der Waals surface area (Å²) in [5.74, 6) is 1.49. The molecule has 1 saturated heterocycles. The van der Waals surface area contributed by atoms with Gasteiger partial charge in [0.25, 0.3) is 0 Å². The van der Waals surface area contributed by atoms with Crippen molar-refractivity contribution in [1.29, 1.82) is 0 Å². The number of nitrogens with one attached hydrogen (secondary N) is 2. The average Bonchev–Trinajstić information content (AvgIpc) is 2.56. The Bertz CT molecular complexity index is 359. The fraction of sp³-hybridized carbons (Fsp3) is 0.947. The minimum Gasteiger partial charge on any atom is -0.379 e. The van der Waals surface area contributed by atoms with Gasteiger partial charge in [0.05, 0.1) is 13.2 Å². The van der Waals surface area contributed by atoms with Crippen molar-refractivity contribution in [3.05, 3.63) is 0 Å². The molecular weight excluding hydrogens is 314 g/mol. The molecule has 6 nitrogen and oxygen atoms in total. The quantitative estimate of drug-likeness (QED) is 0.461. The van der Waals surface area contributed by atoms with Crippen molar-refractivity contribution in [2.45, 2.75) is 53.6 Å². The van der Waals surface area contributed by atoms with Crippen molar-refractivity contribution in [3.8, 4) is 0 Å². The molecule has 0 spiro atoms. The lowest BCUT2D eigenvalue weighted by Crippen LogP contribution is -2.45. The van der Waals surface area contributed by atoms with Crippen LogP contribution in [0.2, 0.25) is 0 Å². The summed E-state index contributed by atoms with van der Waals surface area (Å²) in [6.07, 6.45) is 0. The van der Waals surface area contributed by atoms with Crippen molar-refractivity contribution in [1.82, 2.24) is 20.4 Å². The molecule has 1 rings (SSSR count).